The van der Waals surface area contributed by atoms with Crippen LogP contribution in [0.15, 0.2) is 30.3 Å². The lowest BCUT2D eigenvalue weighted by Crippen LogP contribution is -2.29. The van der Waals surface area contributed by atoms with E-state index in [9.17, 15) is 4.79 Å². The molecule has 1 rings (SSSR count). The molecule has 0 spiro atoms. The van der Waals surface area contributed by atoms with E-state index in [2.05, 4.69) is 17.4 Å². The van der Waals surface area contributed by atoms with Gasteiger partial charge in [-0.1, -0.05) is 37.3 Å². The highest BCUT2D eigenvalue weighted by Gasteiger charge is 2.18. The van der Waals surface area contributed by atoms with Crippen molar-refractivity contribution in [3.05, 3.63) is 35.9 Å². The first-order valence-electron chi connectivity index (χ1n) is 6.10. The average molecular weight is 235 g/mol. The summed E-state index contributed by atoms with van der Waals surface area (Å²) in [6.07, 6.45) is 1.73. The average Bonchev–Trinajstić information content (AvgIpc) is 2.39. The molecule has 0 heterocycles. The van der Waals surface area contributed by atoms with Crippen LogP contribution in [0.25, 0.3) is 0 Å². The molecule has 3 nitrogen and oxygen atoms in total. The van der Waals surface area contributed by atoms with Crippen molar-refractivity contribution in [2.75, 3.05) is 20.2 Å². The van der Waals surface area contributed by atoms with Gasteiger partial charge in [0, 0.05) is 6.54 Å². The zero-order valence-corrected chi connectivity index (χ0v) is 10.6. The Hall–Kier alpha value is -1.35. The largest absolute Gasteiger partial charge is 0.469 e. The first-order valence-corrected chi connectivity index (χ1v) is 6.10. The fourth-order valence-electron chi connectivity index (χ4n) is 1.77. The molecular weight excluding hydrogens is 214 g/mol. The minimum absolute atomic E-state index is 0.0554. The number of hydrogen-bond acceptors (Lipinski definition) is 3. The van der Waals surface area contributed by atoms with Gasteiger partial charge in [-0.05, 0) is 24.9 Å². The highest BCUT2D eigenvalue weighted by Crippen LogP contribution is 2.10. The van der Waals surface area contributed by atoms with E-state index in [1.807, 2.05) is 25.1 Å². The zero-order valence-electron chi connectivity index (χ0n) is 10.6. The first kappa shape index (κ1) is 13.7. The molecule has 0 aliphatic carbocycles. The van der Waals surface area contributed by atoms with Gasteiger partial charge in [-0.3, -0.25) is 4.79 Å². The summed E-state index contributed by atoms with van der Waals surface area (Å²) in [6, 6.07) is 10.2. The summed E-state index contributed by atoms with van der Waals surface area (Å²) in [4.78, 5) is 11.6. The van der Waals surface area contributed by atoms with E-state index in [1.54, 1.807) is 0 Å². The molecule has 17 heavy (non-hydrogen) atoms. The smallest absolute Gasteiger partial charge is 0.309 e. The van der Waals surface area contributed by atoms with Crippen LogP contribution >= 0.6 is 0 Å². The van der Waals surface area contributed by atoms with E-state index in [0.717, 1.165) is 19.4 Å². The summed E-state index contributed by atoms with van der Waals surface area (Å²) in [6.45, 7) is 3.60. The van der Waals surface area contributed by atoms with Crippen molar-refractivity contribution in [3.8, 4) is 0 Å². The normalized spacial score (nSPS) is 12.1. The topological polar surface area (TPSA) is 38.3 Å². The predicted octanol–water partition coefficient (Wildman–Crippen LogP) is 2.02. The summed E-state index contributed by atoms with van der Waals surface area (Å²) in [5.74, 6) is -0.179. The molecule has 0 radical (unpaired) electrons. The Kier molecular flexibility index (Phi) is 6.33. The third kappa shape index (κ3) is 5.00. The van der Waals surface area contributed by atoms with Gasteiger partial charge in [0.2, 0.25) is 0 Å². The summed E-state index contributed by atoms with van der Waals surface area (Å²) in [5.41, 5.74) is 1.26. The van der Waals surface area contributed by atoms with Crippen LogP contribution in [0.3, 0.4) is 0 Å². The number of carbonyl (C=O) groups excluding carboxylic acids is 1. The number of benzene rings is 1. The van der Waals surface area contributed by atoms with Crippen molar-refractivity contribution in [2.45, 2.75) is 19.8 Å². The van der Waals surface area contributed by atoms with Gasteiger partial charge in [0.1, 0.15) is 0 Å². The van der Waals surface area contributed by atoms with Gasteiger partial charge >= 0.3 is 5.97 Å². The Bertz CT molecular complexity index is 324. The monoisotopic (exact) mass is 235 g/mol. The third-order valence-electron chi connectivity index (χ3n) is 2.80. The number of carbonyl (C=O) groups is 1. The lowest BCUT2D eigenvalue weighted by atomic mass is 9.99. The Labute approximate surface area is 103 Å². The molecule has 0 amide bonds. The number of rotatable bonds is 7. The molecular formula is C14H21NO2. The molecule has 0 bridgehead atoms. The van der Waals surface area contributed by atoms with E-state index >= 15 is 0 Å². The minimum Gasteiger partial charge on any atom is -0.469 e. The molecule has 0 saturated heterocycles. The molecule has 1 N–H and O–H groups in total. The van der Waals surface area contributed by atoms with E-state index in [1.165, 1.54) is 12.7 Å². The van der Waals surface area contributed by atoms with E-state index < -0.39 is 0 Å². The van der Waals surface area contributed by atoms with E-state index in [-0.39, 0.29) is 11.9 Å². The van der Waals surface area contributed by atoms with Crippen molar-refractivity contribution in [1.82, 2.24) is 5.32 Å². The number of ether oxygens (including phenoxy) is 1. The van der Waals surface area contributed by atoms with Crippen LogP contribution in [0.2, 0.25) is 0 Å². The van der Waals surface area contributed by atoms with Crippen LogP contribution in [0, 0.1) is 5.92 Å². The molecule has 0 fully saturated rings. The van der Waals surface area contributed by atoms with Crippen molar-refractivity contribution in [3.63, 3.8) is 0 Å². The highest BCUT2D eigenvalue weighted by atomic mass is 16.5. The molecule has 1 aromatic carbocycles. The van der Waals surface area contributed by atoms with Gasteiger partial charge in [0.25, 0.3) is 0 Å². The maximum atomic E-state index is 11.6. The predicted molar refractivity (Wildman–Crippen MR) is 68.8 cm³/mol. The molecule has 94 valence electrons. The quantitative estimate of drug-likeness (QED) is 0.735. The van der Waals surface area contributed by atoms with Crippen LogP contribution in [-0.2, 0) is 16.0 Å². The number of hydrogen-bond donors (Lipinski definition) is 1. The Morgan fingerprint density at radius 3 is 2.65 bits per heavy atom. The van der Waals surface area contributed by atoms with Crippen LogP contribution in [0.1, 0.15) is 18.9 Å². The van der Waals surface area contributed by atoms with Gasteiger partial charge in [-0.15, -0.1) is 0 Å². The molecule has 0 saturated carbocycles. The van der Waals surface area contributed by atoms with E-state index in [0.29, 0.717) is 6.54 Å². The summed E-state index contributed by atoms with van der Waals surface area (Å²) in [7, 11) is 1.45. The summed E-state index contributed by atoms with van der Waals surface area (Å²) in [5, 5.41) is 3.20. The fraction of sp³-hybridized carbons (Fsp3) is 0.500. The molecule has 1 unspecified atom stereocenters. The fourth-order valence-corrected chi connectivity index (χ4v) is 1.77. The third-order valence-corrected chi connectivity index (χ3v) is 2.80. The number of aryl methyl sites for hydroxylation is 1. The minimum atomic E-state index is -0.123. The van der Waals surface area contributed by atoms with Crippen LogP contribution in [0.4, 0.5) is 0 Å². The molecule has 0 aromatic heterocycles. The summed E-state index contributed by atoms with van der Waals surface area (Å²) < 4.78 is 4.82. The SMILES string of the molecule is CCNCC(CCc1ccccc1)C(=O)OC. The Balaban J connectivity index is 2.46. The van der Waals surface area contributed by atoms with Crippen molar-refractivity contribution in [2.24, 2.45) is 5.92 Å². The maximum Gasteiger partial charge on any atom is 0.309 e. The van der Waals surface area contributed by atoms with Crippen LogP contribution < -0.4 is 5.32 Å². The second kappa shape index (κ2) is 7.85. The molecule has 0 aliphatic heterocycles. The van der Waals surface area contributed by atoms with Crippen LogP contribution in [-0.4, -0.2) is 26.2 Å². The standard InChI is InChI=1S/C14H21NO2/c1-3-15-11-13(14(16)17-2)10-9-12-7-5-4-6-8-12/h4-8,13,15H,3,9-11H2,1-2H3. The number of esters is 1. The van der Waals surface area contributed by atoms with Gasteiger partial charge in [-0.2, -0.15) is 0 Å². The van der Waals surface area contributed by atoms with Crippen molar-refractivity contribution in [1.29, 1.82) is 0 Å². The van der Waals surface area contributed by atoms with Crippen molar-refractivity contribution < 1.29 is 9.53 Å². The second-order valence-corrected chi connectivity index (χ2v) is 4.05. The molecule has 1 aromatic rings. The van der Waals surface area contributed by atoms with Gasteiger partial charge < -0.3 is 10.1 Å². The van der Waals surface area contributed by atoms with Crippen LogP contribution in [0.5, 0.6) is 0 Å². The lowest BCUT2D eigenvalue weighted by molar-refractivity contribution is -0.145. The van der Waals surface area contributed by atoms with Gasteiger partial charge in [0.15, 0.2) is 0 Å². The maximum absolute atomic E-state index is 11.6. The Morgan fingerprint density at radius 1 is 1.35 bits per heavy atom. The number of methoxy groups -OCH3 is 1. The van der Waals surface area contributed by atoms with Gasteiger partial charge in [0.05, 0.1) is 13.0 Å². The molecule has 1 atom stereocenters. The highest BCUT2D eigenvalue weighted by molar-refractivity contribution is 5.72. The first-order chi connectivity index (χ1) is 8.27. The zero-order chi connectivity index (χ0) is 12.5. The Morgan fingerprint density at radius 2 is 2.06 bits per heavy atom. The van der Waals surface area contributed by atoms with Gasteiger partial charge in [-0.25, -0.2) is 0 Å². The second-order valence-electron chi connectivity index (χ2n) is 4.05. The molecule has 3 heteroatoms. The van der Waals surface area contributed by atoms with E-state index in [4.69, 9.17) is 4.74 Å². The lowest BCUT2D eigenvalue weighted by Gasteiger charge is -2.14. The number of nitrogens with one attached hydrogen (secondary N) is 1. The van der Waals surface area contributed by atoms with Crippen molar-refractivity contribution >= 4 is 5.97 Å². The molecule has 0 aliphatic rings. The summed E-state index contributed by atoms with van der Waals surface area (Å²) >= 11 is 0.